The molecule has 3 amide bonds. The highest BCUT2D eigenvalue weighted by atomic mass is 32.2. The maximum absolute atomic E-state index is 12.8. The van der Waals surface area contributed by atoms with Gasteiger partial charge in [0.1, 0.15) is 23.9 Å². The van der Waals surface area contributed by atoms with Gasteiger partial charge in [-0.3, -0.25) is 14.5 Å². The first-order valence-electron chi connectivity index (χ1n) is 13.8. The molecule has 1 fully saturated rings. The summed E-state index contributed by atoms with van der Waals surface area (Å²) in [5.74, 6) is -0.838. The molecule has 48 heavy (non-hydrogen) atoms. The molecular formula is C30H24F6N6O5S. The van der Waals surface area contributed by atoms with Crippen molar-refractivity contribution in [2.75, 3.05) is 17.3 Å². The summed E-state index contributed by atoms with van der Waals surface area (Å²) in [6.07, 6.45) is -8.67. The highest BCUT2D eigenvalue weighted by molar-refractivity contribution is 8.15. The van der Waals surface area contributed by atoms with Gasteiger partial charge in [-0.1, -0.05) is 42.1 Å². The predicted octanol–water partition coefficient (Wildman–Crippen LogP) is 6.92. The summed E-state index contributed by atoms with van der Waals surface area (Å²) in [5.41, 5.74) is 4.57. The quantitative estimate of drug-likeness (QED) is 0.148. The number of rotatable bonds is 9. The molecule has 4 aromatic rings. The van der Waals surface area contributed by atoms with Crippen LogP contribution in [0.2, 0.25) is 0 Å². The van der Waals surface area contributed by atoms with Crippen molar-refractivity contribution in [3.63, 3.8) is 0 Å². The number of thioether (sulfide) groups is 1. The number of amides is 3. The first-order chi connectivity index (χ1) is 22.6. The first kappa shape index (κ1) is 34.2. The molecule has 3 aromatic carbocycles. The predicted molar refractivity (Wildman–Crippen MR) is 162 cm³/mol. The number of ether oxygens (including phenoxy) is 2. The Morgan fingerprint density at radius 2 is 1.75 bits per heavy atom. The molecule has 1 atom stereocenters. The molecule has 252 valence electrons. The number of benzene rings is 3. The number of nitrogens with zero attached hydrogens (tertiary/aromatic N) is 5. The lowest BCUT2D eigenvalue weighted by Crippen LogP contribution is -2.32. The van der Waals surface area contributed by atoms with Gasteiger partial charge in [0.25, 0.3) is 0 Å². The van der Waals surface area contributed by atoms with Gasteiger partial charge < -0.3 is 9.47 Å². The van der Waals surface area contributed by atoms with E-state index < -0.39 is 37.2 Å². The normalized spacial score (nSPS) is 15.1. The van der Waals surface area contributed by atoms with Gasteiger partial charge in [0, 0.05) is 5.56 Å². The topological polar surface area (TPSA) is 120 Å². The van der Waals surface area contributed by atoms with E-state index in [0.29, 0.717) is 28.2 Å². The maximum atomic E-state index is 12.8. The van der Waals surface area contributed by atoms with Crippen LogP contribution in [0.25, 0.3) is 17.1 Å². The van der Waals surface area contributed by atoms with E-state index in [4.69, 9.17) is 9.57 Å². The zero-order chi connectivity index (χ0) is 34.6. The number of amidine groups is 1. The van der Waals surface area contributed by atoms with E-state index in [1.54, 1.807) is 38.1 Å². The van der Waals surface area contributed by atoms with Gasteiger partial charge in [0.05, 0.1) is 17.1 Å². The summed E-state index contributed by atoms with van der Waals surface area (Å²) in [4.78, 5) is 39.9. The molecule has 11 nitrogen and oxygen atoms in total. The number of urea groups is 1. The van der Waals surface area contributed by atoms with Crippen LogP contribution in [0.15, 0.2) is 78.0 Å². The number of aryl methyl sites for hydroxylation is 1. The summed E-state index contributed by atoms with van der Waals surface area (Å²) in [7, 11) is 0. The fourth-order valence-corrected chi connectivity index (χ4v) is 5.16. The number of hydroxylamine groups is 1. The molecule has 0 spiro atoms. The molecule has 1 N–H and O–H groups in total. The second kappa shape index (κ2) is 13.9. The standard InChI is InChI=1S/C30H24F6N6O5S/c1-17-3-12-24(45-15-29(31,32)33)23(13-17)42-25(43)14-48-28(42)38-27(44)40-47-18(2)19-4-6-20(7-5-19)26-37-16-41(39-26)21-8-10-22(11-9-21)46-30(34,35)36/h3-13,16,18H,14-15H2,1-2H3,(H,40,44)/b38-28-. The van der Waals surface area contributed by atoms with Gasteiger partial charge in [-0.05, 0) is 61.4 Å². The molecule has 18 heteroatoms. The fraction of sp³-hybridized carbons (Fsp3) is 0.233. The summed E-state index contributed by atoms with van der Waals surface area (Å²) in [6.45, 7) is 1.76. The van der Waals surface area contributed by atoms with Crippen LogP contribution in [0.5, 0.6) is 11.5 Å². The van der Waals surface area contributed by atoms with Crippen molar-refractivity contribution >= 4 is 34.6 Å². The third kappa shape index (κ3) is 8.82. The Kier molecular flexibility index (Phi) is 9.95. The molecular weight excluding hydrogens is 670 g/mol. The van der Waals surface area contributed by atoms with Gasteiger partial charge >= 0.3 is 18.6 Å². The van der Waals surface area contributed by atoms with Crippen molar-refractivity contribution in [1.29, 1.82) is 0 Å². The van der Waals surface area contributed by atoms with Gasteiger partial charge in [-0.15, -0.1) is 18.3 Å². The van der Waals surface area contributed by atoms with E-state index in [9.17, 15) is 35.9 Å². The zero-order valence-corrected chi connectivity index (χ0v) is 25.7. The molecule has 2 heterocycles. The Morgan fingerprint density at radius 3 is 2.42 bits per heavy atom. The molecule has 1 aliphatic heterocycles. The summed E-state index contributed by atoms with van der Waals surface area (Å²) in [5, 5.41) is 4.28. The molecule has 0 saturated carbocycles. The minimum absolute atomic E-state index is 0.0166. The number of hydrogen-bond donors (Lipinski definition) is 1. The average Bonchev–Trinajstić information content (AvgIpc) is 3.65. The highest BCUT2D eigenvalue weighted by Gasteiger charge is 2.35. The Hall–Kier alpha value is -5.10. The minimum Gasteiger partial charge on any atom is -0.482 e. The van der Waals surface area contributed by atoms with E-state index in [-0.39, 0.29) is 28.1 Å². The molecule has 1 unspecified atom stereocenters. The van der Waals surface area contributed by atoms with Crippen molar-refractivity contribution in [3.8, 4) is 28.6 Å². The van der Waals surface area contributed by atoms with Crippen molar-refractivity contribution in [2.24, 2.45) is 4.99 Å². The van der Waals surface area contributed by atoms with E-state index >= 15 is 0 Å². The molecule has 1 aromatic heterocycles. The van der Waals surface area contributed by atoms with Crippen molar-refractivity contribution in [3.05, 3.63) is 84.2 Å². The Bertz CT molecular complexity index is 1810. The third-order valence-corrected chi connectivity index (χ3v) is 7.42. The van der Waals surface area contributed by atoms with Crippen molar-refractivity contribution in [1.82, 2.24) is 20.2 Å². The molecule has 0 aliphatic carbocycles. The Balaban J connectivity index is 1.20. The Labute approximate surface area is 272 Å². The summed E-state index contributed by atoms with van der Waals surface area (Å²) in [6, 6.07) is 15.3. The first-order valence-corrected chi connectivity index (χ1v) is 14.8. The van der Waals surface area contributed by atoms with Gasteiger partial charge in [0.2, 0.25) is 5.91 Å². The summed E-state index contributed by atoms with van der Waals surface area (Å²) >= 11 is 0.925. The number of carbonyl (C=O) groups is 2. The summed E-state index contributed by atoms with van der Waals surface area (Å²) < 4.78 is 85.8. The van der Waals surface area contributed by atoms with E-state index in [1.165, 1.54) is 41.3 Å². The number of alkyl halides is 6. The van der Waals surface area contributed by atoms with Crippen LogP contribution in [0, 0.1) is 6.92 Å². The number of hydrogen-bond acceptors (Lipinski definition) is 8. The zero-order valence-electron chi connectivity index (χ0n) is 24.9. The lowest BCUT2D eigenvalue weighted by atomic mass is 10.1. The van der Waals surface area contributed by atoms with Crippen LogP contribution in [-0.2, 0) is 9.63 Å². The maximum Gasteiger partial charge on any atom is 0.573 e. The second-order valence-electron chi connectivity index (χ2n) is 10.1. The molecule has 0 bridgehead atoms. The van der Waals surface area contributed by atoms with Crippen LogP contribution in [-0.4, -0.2) is 56.8 Å². The SMILES string of the molecule is Cc1ccc(OCC(F)(F)F)c(N2C(=O)CS/C2=N\C(=O)NOC(C)c2ccc(-c3ncn(-c4ccc(OC(F)(F)F)cc4)n3)cc2)c1. The van der Waals surface area contributed by atoms with Crippen LogP contribution >= 0.6 is 11.8 Å². The molecule has 1 saturated heterocycles. The van der Waals surface area contributed by atoms with Gasteiger partial charge in [-0.2, -0.15) is 18.2 Å². The number of anilines is 1. The Morgan fingerprint density at radius 1 is 1.04 bits per heavy atom. The van der Waals surface area contributed by atoms with Gasteiger partial charge in [0.15, 0.2) is 17.6 Å². The van der Waals surface area contributed by atoms with Crippen molar-refractivity contribution in [2.45, 2.75) is 32.5 Å². The largest absolute Gasteiger partial charge is 0.573 e. The average molecular weight is 695 g/mol. The highest BCUT2D eigenvalue weighted by Crippen LogP contribution is 2.36. The van der Waals surface area contributed by atoms with Crippen LogP contribution in [0.4, 0.5) is 36.8 Å². The fourth-order valence-electron chi connectivity index (χ4n) is 4.31. The monoisotopic (exact) mass is 694 g/mol. The van der Waals surface area contributed by atoms with Gasteiger partial charge in [-0.25, -0.2) is 19.9 Å². The van der Waals surface area contributed by atoms with Crippen LogP contribution in [0.1, 0.15) is 24.2 Å². The number of carbonyl (C=O) groups excluding carboxylic acids is 2. The van der Waals surface area contributed by atoms with E-state index in [2.05, 4.69) is 25.3 Å². The minimum atomic E-state index is -4.80. The molecule has 0 radical (unpaired) electrons. The second-order valence-corrected chi connectivity index (χ2v) is 11.1. The molecule has 1 aliphatic rings. The van der Waals surface area contributed by atoms with Crippen molar-refractivity contribution < 1.29 is 50.2 Å². The third-order valence-electron chi connectivity index (χ3n) is 6.50. The lowest BCUT2D eigenvalue weighted by molar-refractivity contribution is -0.274. The molecule has 5 rings (SSSR count). The van der Waals surface area contributed by atoms with E-state index in [0.717, 1.165) is 28.8 Å². The lowest BCUT2D eigenvalue weighted by Gasteiger charge is -2.21. The number of aliphatic imine (C=N–C) groups is 1. The van der Waals surface area contributed by atoms with E-state index in [1.807, 2.05) is 0 Å². The number of aromatic nitrogens is 3. The number of halogens is 6. The van der Waals surface area contributed by atoms with Crippen LogP contribution < -0.4 is 19.9 Å². The smallest absolute Gasteiger partial charge is 0.482 e. The van der Waals surface area contributed by atoms with Crippen LogP contribution in [0.3, 0.4) is 0 Å². The number of nitrogens with one attached hydrogen (secondary N) is 1.